The van der Waals surface area contributed by atoms with E-state index in [-0.39, 0.29) is 0 Å². The Bertz CT molecular complexity index is 325. The van der Waals surface area contributed by atoms with Crippen LogP contribution >= 0.6 is 0 Å². The molecular formula is C3H7NO5S2. The summed E-state index contributed by atoms with van der Waals surface area (Å²) in [5.74, 6) is -0.733. The van der Waals surface area contributed by atoms with E-state index in [1.807, 2.05) is 0 Å². The molecule has 0 aromatic heterocycles. The Morgan fingerprint density at radius 3 is 2.09 bits per heavy atom. The number of nitrogens with one attached hydrogen (secondary N) is 1. The average Bonchev–Trinajstić information content (AvgIpc) is 1.87. The van der Waals surface area contributed by atoms with Crippen molar-refractivity contribution in [2.24, 2.45) is 0 Å². The smallest absolute Gasteiger partial charge is 0.301 e. The van der Waals surface area contributed by atoms with Gasteiger partial charge in [0.15, 0.2) is 0 Å². The van der Waals surface area contributed by atoms with Gasteiger partial charge in [-0.15, -0.1) is 6.58 Å². The summed E-state index contributed by atoms with van der Waals surface area (Å²) in [4.78, 5) is 0.703. The third-order valence-corrected chi connectivity index (χ3v) is 4.94. The van der Waals surface area contributed by atoms with Gasteiger partial charge in [0.1, 0.15) is 0 Å². The Labute approximate surface area is 63.9 Å². The zero-order valence-corrected chi connectivity index (χ0v) is 7.02. The molecule has 6 nitrogen and oxygen atoms in total. The molecule has 0 unspecified atom stereocenters. The monoisotopic (exact) mass is 201 g/mol. The highest BCUT2D eigenvalue weighted by molar-refractivity contribution is 8.66. The van der Waals surface area contributed by atoms with Crippen molar-refractivity contribution in [2.45, 2.75) is 0 Å². The lowest BCUT2D eigenvalue weighted by Gasteiger charge is -1.98. The van der Waals surface area contributed by atoms with Crippen LogP contribution in [0.1, 0.15) is 0 Å². The lowest BCUT2D eigenvalue weighted by atomic mass is 10.8. The summed E-state index contributed by atoms with van der Waals surface area (Å²) in [7, 11) is -9.02. The fourth-order valence-corrected chi connectivity index (χ4v) is 2.04. The van der Waals surface area contributed by atoms with Crippen LogP contribution in [0.5, 0.6) is 0 Å². The zero-order valence-electron chi connectivity index (χ0n) is 5.39. The summed E-state index contributed by atoms with van der Waals surface area (Å²) >= 11 is 0. The first kappa shape index (κ1) is 10.6. The standard InChI is InChI=1S/C3H7NO5S2/c1-2-3-10(6,7)11(8,9)4-5/h2,4-5H,1,3H2. The van der Waals surface area contributed by atoms with E-state index in [1.165, 1.54) is 0 Å². The lowest BCUT2D eigenvalue weighted by molar-refractivity contribution is 0.245. The molecule has 0 aliphatic heterocycles. The Morgan fingerprint density at radius 2 is 1.82 bits per heavy atom. The minimum Gasteiger partial charge on any atom is -0.301 e. The second-order valence-corrected chi connectivity index (χ2v) is 6.94. The first-order chi connectivity index (χ1) is 4.87. The molecule has 0 heterocycles. The van der Waals surface area contributed by atoms with Gasteiger partial charge in [0.25, 0.3) is 8.87 Å². The fourth-order valence-electron chi connectivity index (χ4n) is 0.291. The molecule has 0 aliphatic rings. The summed E-state index contributed by atoms with van der Waals surface area (Å²) in [6.07, 6.45) is 0.907. The van der Waals surface area contributed by atoms with Gasteiger partial charge in [-0.1, -0.05) is 11.0 Å². The number of rotatable bonds is 4. The molecule has 0 aromatic carbocycles. The van der Waals surface area contributed by atoms with Crippen LogP contribution in [-0.4, -0.2) is 27.8 Å². The highest BCUT2D eigenvalue weighted by Gasteiger charge is 2.26. The van der Waals surface area contributed by atoms with Crippen LogP contribution in [0, 0.1) is 0 Å². The van der Waals surface area contributed by atoms with Gasteiger partial charge in [-0.2, -0.15) is 8.42 Å². The largest absolute Gasteiger partial charge is 0.339 e. The molecule has 0 bridgehead atoms. The van der Waals surface area contributed by atoms with E-state index in [9.17, 15) is 16.8 Å². The fraction of sp³-hybridized carbons (Fsp3) is 0.333. The Balaban J connectivity index is 5.02. The summed E-state index contributed by atoms with van der Waals surface area (Å²) in [6.45, 7) is 3.04. The molecule has 0 radical (unpaired) electrons. The maximum atomic E-state index is 10.6. The first-order valence-corrected chi connectivity index (χ1v) is 6.02. The Hall–Kier alpha value is -0.440. The molecule has 66 valence electrons. The van der Waals surface area contributed by atoms with E-state index in [0.717, 1.165) is 6.08 Å². The second kappa shape index (κ2) is 3.30. The van der Waals surface area contributed by atoms with Gasteiger partial charge in [0, 0.05) is 0 Å². The minimum atomic E-state index is -4.65. The van der Waals surface area contributed by atoms with E-state index >= 15 is 0 Å². The highest BCUT2D eigenvalue weighted by atomic mass is 33.2. The molecule has 0 atom stereocenters. The van der Waals surface area contributed by atoms with E-state index in [0.29, 0.717) is 4.89 Å². The maximum absolute atomic E-state index is 10.6. The van der Waals surface area contributed by atoms with E-state index in [1.54, 1.807) is 0 Å². The topological polar surface area (TPSA) is 101 Å². The van der Waals surface area contributed by atoms with E-state index in [4.69, 9.17) is 5.21 Å². The molecule has 2 N–H and O–H groups in total. The normalized spacial score (nSPS) is 12.8. The van der Waals surface area contributed by atoms with Crippen molar-refractivity contribution in [3.05, 3.63) is 12.7 Å². The van der Waals surface area contributed by atoms with Crippen LogP contribution in [0.3, 0.4) is 0 Å². The SMILES string of the molecule is C=CCS(=O)(=O)S(=O)(=O)NO. The van der Waals surface area contributed by atoms with E-state index in [2.05, 4.69) is 6.58 Å². The van der Waals surface area contributed by atoms with Gasteiger partial charge in [-0.25, -0.2) is 8.42 Å². The maximum Gasteiger partial charge on any atom is 0.339 e. The number of hydrogen-bond donors (Lipinski definition) is 2. The van der Waals surface area contributed by atoms with E-state index < -0.39 is 23.7 Å². The molecule has 0 amide bonds. The summed E-state index contributed by atoms with van der Waals surface area (Å²) in [5, 5.41) is 7.90. The van der Waals surface area contributed by atoms with Crippen molar-refractivity contribution in [3.8, 4) is 0 Å². The van der Waals surface area contributed by atoms with Crippen molar-refractivity contribution >= 4 is 17.9 Å². The number of hydrogen-bond acceptors (Lipinski definition) is 5. The quantitative estimate of drug-likeness (QED) is 0.338. The zero-order chi connectivity index (χ0) is 9.12. The van der Waals surface area contributed by atoms with Crippen LogP contribution < -0.4 is 4.89 Å². The van der Waals surface area contributed by atoms with Gasteiger partial charge in [-0.3, -0.25) is 0 Å². The third kappa shape index (κ3) is 2.26. The van der Waals surface area contributed by atoms with Crippen LogP contribution in [0.25, 0.3) is 0 Å². The summed E-state index contributed by atoms with van der Waals surface area (Å²) in [6, 6.07) is 0. The van der Waals surface area contributed by atoms with Crippen LogP contribution in [0.15, 0.2) is 12.7 Å². The molecule has 0 saturated carbocycles. The van der Waals surface area contributed by atoms with Crippen LogP contribution in [-0.2, 0) is 17.9 Å². The van der Waals surface area contributed by atoms with Gasteiger partial charge >= 0.3 is 9.06 Å². The first-order valence-electron chi connectivity index (χ1n) is 2.37. The van der Waals surface area contributed by atoms with Crippen molar-refractivity contribution in [1.82, 2.24) is 4.89 Å². The predicted octanol–water partition coefficient (Wildman–Crippen LogP) is -1.19. The van der Waals surface area contributed by atoms with Crippen molar-refractivity contribution in [2.75, 3.05) is 5.75 Å². The van der Waals surface area contributed by atoms with Gasteiger partial charge in [0.2, 0.25) is 0 Å². The van der Waals surface area contributed by atoms with Crippen LogP contribution in [0.4, 0.5) is 0 Å². The summed E-state index contributed by atoms with van der Waals surface area (Å²) in [5.41, 5.74) is 0. The molecule has 0 aromatic rings. The minimum absolute atomic E-state index is 0.703. The Morgan fingerprint density at radius 1 is 1.36 bits per heavy atom. The second-order valence-electron chi connectivity index (χ2n) is 1.56. The molecule has 0 aliphatic carbocycles. The molecule has 11 heavy (non-hydrogen) atoms. The molecular weight excluding hydrogens is 194 g/mol. The van der Waals surface area contributed by atoms with Gasteiger partial charge < -0.3 is 5.21 Å². The average molecular weight is 201 g/mol. The summed E-state index contributed by atoms with van der Waals surface area (Å²) < 4.78 is 42.0. The van der Waals surface area contributed by atoms with Crippen molar-refractivity contribution in [3.63, 3.8) is 0 Å². The lowest BCUT2D eigenvalue weighted by Crippen LogP contribution is -2.29. The molecule has 0 fully saturated rings. The van der Waals surface area contributed by atoms with Crippen LogP contribution in [0.2, 0.25) is 0 Å². The third-order valence-electron chi connectivity index (χ3n) is 0.768. The molecule has 8 heteroatoms. The van der Waals surface area contributed by atoms with Crippen molar-refractivity contribution in [1.29, 1.82) is 0 Å². The van der Waals surface area contributed by atoms with Gasteiger partial charge in [0.05, 0.1) is 5.75 Å². The van der Waals surface area contributed by atoms with Gasteiger partial charge in [-0.05, 0) is 0 Å². The highest BCUT2D eigenvalue weighted by Crippen LogP contribution is 1.99. The molecule has 0 saturated heterocycles. The predicted molar refractivity (Wildman–Crippen MR) is 37.8 cm³/mol. The molecule has 0 rings (SSSR count). The Kier molecular flexibility index (Phi) is 3.17. The van der Waals surface area contributed by atoms with Crippen molar-refractivity contribution < 1.29 is 22.0 Å². The molecule has 0 spiro atoms.